The molecule has 2 aromatic rings. The number of amides is 2. The number of ether oxygens (including phenoxy) is 1. The number of hydrogen-bond acceptors (Lipinski definition) is 3. The van der Waals surface area contributed by atoms with Gasteiger partial charge < -0.3 is 15.0 Å². The van der Waals surface area contributed by atoms with E-state index in [1.165, 1.54) is 25.0 Å². The van der Waals surface area contributed by atoms with Crippen LogP contribution in [0.1, 0.15) is 6.92 Å². The lowest BCUT2D eigenvalue weighted by Crippen LogP contribution is -2.36. The quantitative estimate of drug-likeness (QED) is 0.914. The van der Waals surface area contributed by atoms with Crippen LogP contribution >= 0.6 is 0 Å². The molecule has 126 valence electrons. The molecule has 0 unspecified atom stereocenters. The second kappa shape index (κ2) is 7.54. The standard InChI is InChI=1S/C17H16F2N2O3/c1-11(22)21(13-4-3-5-14(9-13)24-2)10-17(23)20-12-6-7-15(18)16(19)8-12/h3-9H,10H2,1-2H3,(H,20,23). The summed E-state index contributed by atoms with van der Waals surface area (Å²) in [5.74, 6) is -2.42. The van der Waals surface area contributed by atoms with E-state index in [2.05, 4.69) is 5.32 Å². The van der Waals surface area contributed by atoms with Crippen LogP contribution in [-0.4, -0.2) is 25.5 Å². The van der Waals surface area contributed by atoms with E-state index in [4.69, 9.17) is 4.74 Å². The second-order valence-corrected chi connectivity index (χ2v) is 4.98. The van der Waals surface area contributed by atoms with Crippen LogP contribution in [0.25, 0.3) is 0 Å². The lowest BCUT2D eigenvalue weighted by atomic mass is 10.2. The largest absolute Gasteiger partial charge is 0.497 e. The van der Waals surface area contributed by atoms with Gasteiger partial charge in [0, 0.05) is 30.4 Å². The van der Waals surface area contributed by atoms with Crippen molar-refractivity contribution in [3.05, 3.63) is 54.1 Å². The van der Waals surface area contributed by atoms with Gasteiger partial charge in [0.2, 0.25) is 11.8 Å². The van der Waals surface area contributed by atoms with Gasteiger partial charge in [-0.25, -0.2) is 8.78 Å². The predicted molar refractivity (Wildman–Crippen MR) is 86.0 cm³/mol. The maximum atomic E-state index is 13.2. The first kappa shape index (κ1) is 17.4. The van der Waals surface area contributed by atoms with Crippen molar-refractivity contribution in [1.82, 2.24) is 0 Å². The molecular formula is C17H16F2N2O3. The smallest absolute Gasteiger partial charge is 0.244 e. The van der Waals surface area contributed by atoms with Crippen LogP contribution in [0.15, 0.2) is 42.5 Å². The lowest BCUT2D eigenvalue weighted by molar-refractivity contribution is -0.120. The molecule has 1 N–H and O–H groups in total. The molecule has 0 saturated heterocycles. The van der Waals surface area contributed by atoms with Crippen LogP contribution in [0.3, 0.4) is 0 Å². The van der Waals surface area contributed by atoms with E-state index in [0.717, 1.165) is 12.1 Å². The average Bonchev–Trinajstić information content (AvgIpc) is 2.56. The van der Waals surface area contributed by atoms with Crippen LogP contribution in [0.2, 0.25) is 0 Å². The van der Waals surface area contributed by atoms with Crippen molar-refractivity contribution in [1.29, 1.82) is 0 Å². The Balaban J connectivity index is 2.13. The average molecular weight is 334 g/mol. The maximum absolute atomic E-state index is 13.2. The molecule has 2 amide bonds. The van der Waals surface area contributed by atoms with Gasteiger partial charge in [-0.3, -0.25) is 9.59 Å². The monoisotopic (exact) mass is 334 g/mol. The molecule has 24 heavy (non-hydrogen) atoms. The molecule has 2 rings (SSSR count). The Morgan fingerprint density at radius 3 is 2.50 bits per heavy atom. The molecule has 0 fully saturated rings. The molecule has 2 aromatic carbocycles. The number of nitrogens with zero attached hydrogens (tertiary/aromatic N) is 1. The van der Waals surface area contributed by atoms with Gasteiger partial charge >= 0.3 is 0 Å². The first-order chi connectivity index (χ1) is 11.4. The number of methoxy groups -OCH3 is 1. The van der Waals surface area contributed by atoms with Gasteiger partial charge in [-0.2, -0.15) is 0 Å². The van der Waals surface area contributed by atoms with Gasteiger partial charge in [-0.15, -0.1) is 0 Å². The van der Waals surface area contributed by atoms with E-state index in [0.29, 0.717) is 11.4 Å². The van der Waals surface area contributed by atoms with Crippen molar-refractivity contribution in [3.8, 4) is 5.75 Å². The van der Waals surface area contributed by atoms with E-state index >= 15 is 0 Å². The molecule has 0 bridgehead atoms. The Hall–Kier alpha value is -2.96. The Morgan fingerprint density at radius 1 is 1.12 bits per heavy atom. The summed E-state index contributed by atoms with van der Waals surface area (Å²) in [4.78, 5) is 25.2. The fourth-order valence-corrected chi connectivity index (χ4v) is 2.08. The molecule has 0 aliphatic carbocycles. The summed E-state index contributed by atoms with van der Waals surface area (Å²) in [5.41, 5.74) is 0.593. The van der Waals surface area contributed by atoms with Crippen LogP contribution in [-0.2, 0) is 9.59 Å². The van der Waals surface area contributed by atoms with Crippen LogP contribution in [0.4, 0.5) is 20.2 Å². The molecule has 0 spiro atoms. The van der Waals surface area contributed by atoms with Gasteiger partial charge in [0.15, 0.2) is 11.6 Å². The highest BCUT2D eigenvalue weighted by molar-refractivity contribution is 6.01. The molecule has 0 aliphatic heterocycles. The Bertz CT molecular complexity index is 765. The predicted octanol–water partition coefficient (Wildman–Crippen LogP) is 2.97. The third kappa shape index (κ3) is 4.28. The van der Waals surface area contributed by atoms with Crippen molar-refractivity contribution in [2.45, 2.75) is 6.92 Å². The van der Waals surface area contributed by atoms with Gasteiger partial charge in [-0.1, -0.05) is 6.07 Å². The van der Waals surface area contributed by atoms with E-state index in [1.807, 2.05) is 0 Å². The topological polar surface area (TPSA) is 58.6 Å². The van der Waals surface area contributed by atoms with Crippen molar-refractivity contribution < 1.29 is 23.1 Å². The summed E-state index contributed by atoms with van der Waals surface area (Å²) >= 11 is 0. The summed E-state index contributed by atoms with van der Waals surface area (Å²) < 4.78 is 31.2. The first-order valence-electron chi connectivity index (χ1n) is 7.07. The summed E-state index contributed by atoms with van der Waals surface area (Å²) in [5, 5.41) is 2.42. The zero-order valence-electron chi connectivity index (χ0n) is 13.2. The SMILES string of the molecule is COc1cccc(N(CC(=O)Nc2ccc(F)c(F)c2)C(C)=O)c1. The molecule has 0 saturated carbocycles. The van der Waals surface area contributed by atoms with Crippen molar-refractivity contribution >= 4 is 23.2 Å². The van der Waals surface area contributed by atoms with E-state index in [-0.39, 0.29) is 18.1 Å². The summed E-state index contributed by atoms with van der Waals surface area (Å²) in [6.07, 6.45) is 0. The highest BCUT2D eigenvalue weighted by Gasteiger charge is 2.17. The molecule has 5 nitrogen and oxygen atoms in total. The highest BCUT2D eigenvalue weighted by atomic mass is 19.2. The van der Waals surface area contributed by atoms with Crippen LogP contribution < -0.4 is 15.0 Å². The molecule has 0 heterocycles. The number of carbonyl (C=O) groups excluding carboxylic acids is 2. The number of nitrogens with one attached hydrogen (secondary N) is 1. The number of carbonyl (C=O) groups is 2. The Kier molecular flexibility index (Phi) is 5.47. The number of anilines is 2. The minimum absolute atomic E-state index is 0.105. The minimum atomic E-state index is -1.07. The van der Waals surface area contributed by atoms with Crippen molar-refractivity contribution in [3.63, 3.8) is 0 Å². The van der Waals surface area contributed by atoms with Crippen LogP contribution in [0, 0.1) is 11.6 Å². The highest BCUT2D eigenvalue weighted by Crippen LogP contribution is 2.21. The summed E-state index contributed by atoms with van der Waals surface area (Å²) in [6.45, 7) is 1.05. The van der Waals surface area contributed by atoms with Crippen molar-refractivity contribution in [2.75, 3.05) is 23.9 Å². The van der Waals surface area contributed by atoms with Gasteiger partial charge in [0.25, 0.3) is 0 Å². The Morgan fingerprint density at radius 2 is 1.88 bits per heavy atom. The zero-order valence-corrected chi connectivity index (χ0v) is 13.2. The molecule has 0 radical (unpaired) electrons. The number of hydrogen-bond donors (Lipinski definition) is 1. The molecule has 7 heteroatoms. The number of rotatable bonds is 5. The fraction of sp³-hybridized carbons (Fsp3) is 0.176. The van der Waals surface area contributed by atoms with Gasteiger partial charge in [0.1, 0.15) is 12.3 Å². The molecule has 0 aliphatic rings. The molecule has 0 atom stereocenters. The lowest BCUT2D eigenvalue weighted by Gasteiger charge is -2.21. The summed E-state index contributed by atoms with van der Waals surface area (Å²) in [7, 11) is 1.49. The van der Waals surface area contributed by atoms with Crippen LogP contribution in [0.5, 0.6) is 5.75 Å². The van der Waals surface area contributed by atoms with Gasteiger partial charge in [-0.05, 0) is 24.3 Å². The maximum Gasteiger partial charge on any atom is 0.244 e. The molecule has 0 aromatic heterocycles. The zero-order chi connectivity index (χ0) is 17.7. The summed E-state index contributed by atoms with van der Waals surface area (Å²) in [6, 6.07) is 9.70. The van der Waals surface area contributed by atoms with Crippen molar-refractivity contribution in [2.24, 2.45) is 0 Å². The number of halogens is 2. The van der Waals surface area contributed by atoms with E-state index in [9.17, 15) is 18.4 Å². The Labute approximate surface area is 137 Å². The second-order valence-electron chi connectivity index (χ2n) is 4.98. The third-order valence-electron chi connectivity index (χ3n) is 3.25. The number of benzene rings is 2. The first-order valence-corrected chi connectivity index (χ1v) is 7.07. The van der Waals surface area contributed by atoms with Gasteiger partial charge in [0.05, 0.1) is 7.11 Å². The minimum Gasteiger partial charge on any atom is -0.497 e. The third-order valence-corrected chi connectivity index (χ3v) is 3.25. The van der Waals surface area contributed by atoms with E-state index < -0.39 is 17.5 Å². The van der Waals surface area contributed by atoms with E-state index in [1.54, 1.807) is 24.3 Å². The fourth-order valence-electron chi connectivity index (χ4n) is 2.08. The normalized spacial score (nSPS) is 10.2. The molecular weight excluding hydrogens is 318 g/mol.